The molecule has 0 radical (unpaired) electrons. The van der Waals surface area contributed by atoms with Crippen molar-refractivity contribution in [1.29, 1.82) is 0 Å². The van der Waals surface area contributed by atoms with E-state index in [0.717, 1.165) is 24.8 Å². The number of benzene rings is 1. The van der Waals surface area contributed by atoms with Gasteiger partial charge in [0.25, 0.3) is 0 Å². The zero-order valence-electron chi connectivity index (χ0n) is 24.4. The van der Waals surface area contributed by atoms with Crippen molar-refractivity contribution in [3.8, 4) is 0 Å². The lowest BCUT2D eigenvalue weighted by Crippen LogP contribution is -2.47. The quantitative estimate of drug-likeness (QED) is 0.349. The predicted octanol–water partition coefficient (Wildman–Crippen LogP) is 5.57. The number of furan rings is 1. The van der Waals surface area contributed by atoms with Crippen LogP contribution in [0.25, 0.3) is 11.0 Å². The van der Waals surface area contributed by atoms with Crippen LogP contribution in [0, 0.1) is 11.8 Å². The van der Waals surface area contributed by atoms with E-state index in [-0.39, 0.29) is 37.1 Å². The zero-order chi connectivity index (χ0) is 28.9. The number of esters is 1. The summed E-state index contributed by atoms with van der Waals surface area (Å²) in [6.07, 6.45) is 5.81. The molecular weight excluding hydrogens is 514 g/mol. The number of nitrogens with zero attached hydrogens (tertiary/aromatic N) is 1. The van der Waals surface area contributed by atoms with Crippen molar-refractivity contribution >= 4 is 28.8 Å². The second kappa shape index (κ2) is 13.2. The predicted molar refractivity (Wildman–Crippen MR) is 149 cm³/mol. The van der Waals surface area contributed by atoms with E-state index in [1.807, 2.05) is 32.9 Å². The maximum atomic E-state index is 13.9. The van der Waals surface area contributed by atoms with Crippen molar-refractivity contribution in [3.63, 3.8) is 0 Å². The molecule has 0 unspecified atom stereocenters. The third-order valence-corrected chi connectivity index (χ3v) is 7.80. The topological polar surface area (TPSA) is 105 Å². The average Bonchev–Trinajstić information content (AvgIpc) is 3.53. The first-order chi connectivity index (χ1) is 19.1. The maximum Gasteiger partial charge on any atom is 0.410 e. The molecule has 1 aliphatic carbocycles. The molecule has 4 rings (SSSR count). The summed E-state index contributed by atoms with van der Waals surface area (Å²) in [5.74, 6) is 0.0668. The van der Waals surface area contributed by atoms with Crippen LogP contribution < -0.4 is 0 Å². The third kappa shape index (κ3) is 7.43. The largest absolute Gasteiger partial charge is 0.452 e. The fourth-order valence-electron chi connectivity index (χ4n) is 6.12. The van der Waals surface area contributed by atoms with Crippen molar-refractivity contribution in [3.05, 3.63) is 35.6 Å². The van der Waals surface area contributed by atoms with E-state index in [1.54, 1.807) is 17.0 Å². The highest BCUT2D eigenvalue weighted by molar-refractivity contribution is 5.94. The number of ketones is 1. The Morgan fingerprint density at radius 3 is 2.35 bits per heavy atom. The van der Waals surface area contributed by atoms with Crippen LogP contribution in [-0.2, 0) is 30.2 Å². The lowest BCUT2D eigenvalue weighted by molar-refractivity contribution is -0.124. The summed E-state index contributed by atoms with van der Waals surface area (Å²) in [5, 5.41) is 0.700. The molecule has 2 fully saturated rings. The molecule has 9 heteroatoms. The second-order valence-electron chi connectivity index (χ2n) is 12.0. The Hall–Kier alpha value is -2.91. The van der Waals surface area contributed by atoms with Gasteiger partial charge in [0, 0.05) is 32.6 Å². The molecule has 2 atom stereocenters. The minimum atomic E-state index is -0.633. The van der Waals surface area contributed by atoms with Gasteiger partial charge in [-0.3, -0.25) is 9.69 Å². The number of rotatable bonds is 10. The summed E-state index contributed by atoms with van der Waals surface area (Å²) in [7, 11) is 3.05. The number of likely N-dealkylation sites (tertiary alicyclic amines) is 1. The molecule has 0 bridgehead atoms. The standard InChI is InChI=1S/C31H43NO8/c1-31(2,3)40-30(35)32-14-13-24(21-9-7-6-8-10-21)28(32)25(33)16-20-11-12-26-22(15-20)17-27(39-26)29(34)38-23(18-36-4)19-37-5/h11-12,15,17,21,23-24,28H,6-10,13-14,16,18-19H2,1-5H3/t24-,28-/m0/s1. The summed E-state index contributed by atoms with van der Waals surface area (Å²) in [5.41, 5.74) is 0.689. The number of ether oxygens (including phenoxy) is 4. The summed E-state index contributed by atoms with van der Waals surface area (Å²) in [6.45, 7) is 6.47. The Kier molecular flexibility index (Phi) is 9.90. The van der Waals surface area contributed by atoms with E-state index in [4.69, 9.17) is 23.4 Å². The second-order valence-corrected chi connectivity index (χ2v) is 12.0. The van der Waals surface area contributed by atoms with Crippen molar-refractivity contribution in [1.82, 2.24) is 4.90 Å². The van der Waals surface area contributed by atoms with E-state index in [0.29, 0.717) is 23.4 Å². The molecule has 1 amide bonds. The van der Waals surface area contributed by atoms with Gasteiger partial charge in [0.2, 0.25) is 5.76 Å². The van der Waals surface area contributed by atoms with Gasteiger partial charge >= 0.3 is 12.1 Å². The molecule has 1 aromatic heterocycles. The van der Waals surface area contributed by atoms with Gasteiger partial charge in [-0.15, -0.1) is 0 Å². The molecule has 1 saturated heterocycles. The highest BCUT2D eigenvalue weighted by atomic mass is 16.6. The van der Waals surface area contributed by atoms with Crippen LogP contribution >= 0.6 is 0 Å². The molecule has 40 heavy (non-hydrogen) atoms. The normalized spacial score (nSPS) is 20.3. The minimum Gasteiger partial charge on any atom is -0.452 e. The van der Waals surface area contributed by atoms with Crippen LogP contribution in [0.15, 0.2) is 28.7 Å². The summed E-state index contributed by atoms with van der Waals surface area (Å²) in [4.78, 5) is 41.3. The molecular formula is C31H43NO8. The third-order valence-electron chi connectivity index (χ3n) is 7.80. The van der Waals surface area contributed by atoms with E-state index >= 15 is 0 Å². The number of amides is 1. The van der Waals surface area contributed by atoms with Crippen LogP contribution in [0.1, 0.15) is 75.4 Å². The number of fused-ring (bicyclic) bond motifs is 1. The van der Waals surface area contributed by atoms with Crippen molar-refractivity contribution in [2.75, 3.05) is 34.0 Å². The van der Waals surface area contributed by atoms with Crippen LogP contribution in [0.2, 0.25) is 0 Å². The number of hydrogen-bond donors (Lipinski definition) is 0. The van der Waals surface area contributed by atoms with Crippen LogP contribution in [0.4, 0.5) is 4.79 Å². The Labute approximate surface area is 236 Å². The average molecular weight is 558 g/mol. The highest BCUT2D eigenvalue weighted by Gasteiger charge is 2.46. The van der Waals surface area contributed by atoms with E-state index < -0.39 is 29.8 Å². The van der Waals surface area contributed by atoms with E-state index in [1.165, 1.54) is 33.5 Å². The highest BCUT2D eigenvalue weighted by Crippen LogP contribution is 2.40. The summed E-state index contributed by atoms with van der Waals surface area (Å²) in [6, 6.07) is 6.57. The number of hydrogen-bond acceptors (Lipinski definition) is 8. The molecule has 220 valence electrons. The minimum absolute atomic E-state index is 0.0170. The molecule has 0 N–H and O–H groups in total. The van der Waals surface area contributed by atoms with E-state index in [9.17, 15) is 14.4 Å². The molecule has 2 aliphatic rings. The van der Waals surface area contributed by atoms with Crippen LogP contribution in [0.3, 0.4) is 0 Å². The fourth-order valence-corrected chi connectivity index (χ4v) is 6.12. The van der Waals surface area contributed by atoms with Gasteiger partial charge in [-0.05, 0) is 62.8 Å². The lowest BCUT2D eigenvalue weighted by atomic mass is 9.75. The van der Waals surface area contributed by atoms with Gasteiger partial charge in [0.1, 0.15) is 17.3 Å². The Bertz CT molecular complexity index is 1170. The molecule has 1 aliphatic heterocycles. The Morgan fingerprint density at radius 2 is 1.70 bits per heavy atom. The number of Topliss-reactive ketones (excluding diaryl/α,β-unsaturated/α-hetero) is 1. The molecule has 1 aromatic carbocycles. The molecule has 1 saturated carbocycles. The SMILES string of the molecule is COCC(COC)OC(=O)c1cc2cc(CC(=O)[C@@H]3[C@H](C4CCCCC4)CCN3C(=O)OC(C)(C)C)ccc2o1. The fraction of sp³-hybridized carbons (Fsp3) is 0.645. The van der Waals surface area contributed by atoms with Crippen molar-refractivity contribution < 1.29 is 37.7 Å². The smallest absolute Gasteiger partial charge is 0.410 e. The van der Waals surface area contributed by atoms with E-state index in [2.05, 4.69) is 0 Å². The molecule has 0 spiro atoms. The molecule has 2 aromatic rings. The van der Waals surface area contributed by atoms with Gasteiger partial charge in [0.05, 0.1) is 19.3 Å². The Balaban J connectivity index is 1.51. The van der Waals surface area contributed by atoms with Crippen LogP contribution in [0.5, 0.6) is 0 Å². The zero-order valence-corrected chi connectivity index (χ0v) is 24.4. The number of carbonyl (C=O) groups excluding carboxylic acids is 3. The molecule has 2 heterocycles. The maximum absolute atomic E-state index is 13.9. The lowest BCUT2D eigenvalue weighted by Gasteiger charge is -2.34. The van der Waals surface area contributed by atoms with Gasteiger partial charge in [0.15, 0.2) is 5.78 Å². The van der Waals surface area contributed by atoms with Gasteiger partial charge in [-0.1, -0.05) is 38.2 Å². The van der Waals surface area contributed by atoms with Gasteiger partial charge < -0.3 is 23.4 Å². The van der Waals surface area contributed by atoms with Gasteiger partial charge in [-0.25, -0.2) is 9.59 Å². The monoisotopic (exact) mass is 557 g/mol. The Morgan fingerprint density at radius 1 is 1.00 bits per heavy atom. The first kappa shape index (κ1) is 30.1. The van der Waals surface area contributed by atoms with Crippen molar-refractivity contribution in [2.45, 2.75) is 83.5 Å². The summed E-state index contributed by atoms with van der Waals surface area (Å²) >= 11 is 0. The van der Waals surface area contributed by atoms with Crippen molar-refractivity contribution in [2.24, 2.45) is 11.8 Å². The first-order valence-electron chi connectivity index (χ1n) is 14.3. The number of methoxy groups -OCH3 is 2. The first-order valence-corrected chi connectivity index (χ1v) is 14.3. The van der Waals surface area contributed by atoms with Gasteiger partial charge in [-0.2, -0.15) is 0 Å². The summed E-state index contributed by atoms with van der Waals surface area (Å²) < 4.78 is 27.1. The van der Waals surface area contributed by atoms with Crippen LogP contribution in [-0.4, -0.2) is 74.5 Å². The number of carbonyl (C=O) groups is 3. The molecule has 9 nitrogen and oxygen atoms in total.